The monoisotopic (exact) mass is 604 g/mol. The molecular formula is C44H32N2O. The van der Waals surface area contributed by atoms with Crippen LogP contribution in [-0.2, 0) is 5.41 Å². The topological polar surface area (TPSA) is 29.3 Å². The first-order valence-corrected chi connectivity index (χ1v) is 16.1. The van der Waals surface area contributed by atoms with Crippen LogP contribution < -0.4 is 4.90 Å². The van der Waals surface area contributed by atoms with Crippen LogP contribution in [0.4, 0.5) is 17.1 Å². The van der Waals surface area contributed by atoms with Gasteiger partial charge in [0, 0.05) is 33.0 Å². The number of rotatable bonds is 4. The van der Waals surface area contributed by atoms with Crippen molar-refractivity contribution in [3.8, 4) is 33.6 Å². The molecule has 0 aliphatic carbocycles. The highest BCUT2D eigenvalue weighted by atomic mass is 16.3. The van der Waals surface area contributed by atoms with Crippen molar-refractivity contribution in [2.45, 2.75) is 19.3 Å². The van der Waals surface area contributed by atoms with Crippen molar-refractivity contribution < 1.29 is 4.42 Å². The summed E-state index contributed by atoms with van der Waals surface area (Å²) in [6.07, 6.45) is 0. The van der Waals surface area contributed by atoms with E-state index in [0.717, 1.165) is 67.0 Å². The maximum Gasteiger partial charge on any atom is 0.159 e. The fourth-order valence-electron chi connectivity index (χ4n) is 7.27. The van der Waals surface area contributed by atoms with Gasteiger partial charge in [-0.2, -0.15) is 0 Å². The van der Waals surface area contributed by atoms with Crippen molar-refractivity contribution in [1.29, 1.82) is 0 Å². The van der Waals surface area contributed by atoms with Crippen molar-refractivity contribution in [1.82, 2.24) is 4.98 Å². The Morgan fingerprint density at radius 3 is 1.89 bits per heavy atom. The van der Waals surface area contributed by atoms with Gasteiger partial charge in [0.1, 0.15) is 5.58 Å². The highest BCUT2D eigenvalue weighted by Crippen LogP contribution is 2.55. The third-order valence-corrected chi connectivity index (χ3v) is 9.64. The lowest BCUT2D eigenvalue weighted by molar-refractivity contribution is 0.624. The van der Waals surface area contributed by atoms with Crippen LogP contribution in [0.5, 0.6) is 0 Å². The van der Waals surface area contributed by atoms with Crippen LogP contribution in [0.25, 0.3) is 55.6 Å². The maximum atomic E-state index is 6.71. The first kappa shape index (κ1) is 27.4. The van der Waals surface area contributed by atoms with E-state index in [1.54, 1.807) is 0 Å². The number of pyridine rings is 1. The molecule has 0 bridgehead atoms. The normalized spacial score (nSPS) is 13.4. The molecule has 0 N–H and O–H groups in total. The highest BCUT2D eigenvalue weighted by molar-refractivity contribution is 6.12. The number of nitrogens with zero attached hydrogens (tertiary/aromatic N) is 2. The standard InChI is InChI=1S/C44H32N2O/c1-44(2)36-21-10-11-22-40(36)46(42-37(44)25-24-35-34-20-9-12-23-41(34)47-43(35)42)33-19-13-18-31(26-33)32-27-38(29-14-5-3-6-15-29)45-39(28-32)30-16-7-4-8-17-30/h3-28H,1-2H3. The third kappa shape index (κ3) is 4.39. The van der Waals surface area contributed by atoms with E-state index in [-0.39, 0.29) is 5.41 Å². The number of aromatic nitrogens is 1. The quantitative estimate of drug-likeness (QED) is 0.200. The number of hydrogen-bond donors (Lipinski definition) is 0. The second kappa shape index (κ2) is 10.6. The van der Waals surface area contributed by atoms with Crippen LogP contribution in [0, 0.1) is 0 Å². The van der Waals surface area contributed by atoms with Gasteiger partial charge >= 0.3 is 0 Å². The van der Waals surface area contributed by atoms with Crippen LogP contribution in [-0.4, -0.2) is 4.98 Å². The first-order chi connectivity index (χ1) is 23.1. The Morgan fingerprint density at radius 2 is 1.15 bits per heavy atom. The second-order valence-electron chi connectivity index (χ2n) is 12.8. The van der Waals surface area contributed by atoms with Gasteiger partial charge < -0.3 is 9.32 Å². The molecule has 8 aromatic rings. The van der Waals surface area contributed by atoms with Gasteiger partial charge in [0.15, 0.2) is 5.58 Å². The van der Waals surface area contributed by atoms with Crippen LogP contribution in [0.1, 0.15) is 25.0 Å². The number of hydrogen-bond acceptors (Lipinski definition) is 3. The van der Waals surface area contributed by atoms with Crippen molar-refractivity contribution in [3.63, 3.8) is 0 Å². The van der Waals surface area contributed by atoms with Crippen molar-refractivity contribution in [2.75, 3.05) is 4.90 Å². The maximum absolute atomic E-state index is 6.71. The summed E-state index contributed by atoms with van der Waals surface area (Å²) in [6, 6.07) is 55.8. The summed E-state index contributed by atoms with van der Waals surface area (Å²) < 4.78 is 6.71. The van der Waals surface area contributed by atoms with Crippen molar-refractivity contribution in [3.05, 3.63) is 169 Å². The minimum Gasteiger partial charge on any atom is -0.454 e. The number of furan rings is 1. The lowest BCUT2D eigenvalue weighted by Gasteiger charge is -2.42. The van der Waals surface area contributed by atoms with Crippen LogP contribution in [0.15, 0.2) is 162 Å². The molecule has 2 aromatic heterocycles. The van der Waals surface area contributed by atoms with Crippen LogP contribution >= 0.6 is 0 Å². The van der Waals surface area contributed by atoms with Gasteiger partial charge in [0.25, 0.3) is 0 Å². The van der Waals surface area contributed by atoms with Gasteiger partial charge in [-0.15, -0.1) is 0 Å². The average molecular weight is 605 g/mol. The molecule has 9 rings (SSSR count). The summed E-state index contributed by atoms with van der Waals surface area (Å²) in [5, 5.41) is 2.26. The Morgan fingerprint density at radius 1 is 0.511 bits per heavy atom. The molecule has 0 unspecified atom stereocenters. The van der Waals surface area contributed by atoms with Gasteiger partial charge in [0.05, 0.1) is 22.8 Å². The zero-order chi connectivity index (χ0) is 31.5. The SMILES string of the molecule is CC1(C)c2ccccc2N(c2cccc(-c3cc(-c4ccccc4)nc(-c4ccccc4)c3)c2)c2c1ccc1c2oc2ccccc21. The molecule has 47 heavy (non-hydrogen) atoms. The van der Waals surface area contributed by atoms with E-state index in [4.69, 9.17) is 9.40 Å². The van der Waals surface area contributed by atoms with Crippen molar-refractivity contribution in [2.24, 2.45) is 0 Å². The molecule has 0 radical (unpaired) electrons. The molecule has 0 fully saturated rings. The lowest BCUT2D eigenvalue weighted by Crippen LogP contribution is -2.30. The smallest absolute Gasteiger partial charge is 0.159 e. The predicted molar refractivity (Wildman–Crippen MR) is 195 cm³/mol. The molecule has 1 aliphatic heterocycles. The summed E-state index contributed by atoms with van der Waals surface area (Å²) in [5.41, 5.74) is 13.8. The van der Waals surface area contributed by atoms with Gasteiger partial charge in [-0.25, -0.2) is 4.98 Å². The fourth-order valence-corrected chi connectivity index (χ4v) is 7.27. The summed E-state index contributed by atoms with van der Waals surface area (Å²) in [5.74, 6) is 0. The molecule has 0 atom stereocenters. The number of anilines is 3. The number of fused-ring (bicyclic) bond motifs is 6. The van der Waals surface area contributed by atoms with E-state index in [1.807, 2.05) is 18.2 Å². The van der Waals surface area contributed by atoms with E-state index < -0.39 is 0 Å². The molecule has 3 nitrogen and oxygen atoms in total. The first-order valence-electron chi connectivity index (χ1n) is 16.1. The zero-order valence-corrected chi connectivity index (χ0v) is 26.3. The van der Waals surface area contributed by atoms with E-state index in [2.05, 4.69) is 158 Å². The van der Waals surface area contributed by atoms with Gasteiger partial charge in [-0.05, 0) is 58.7 Å². The second-order valence-corrected chi connectivity index (χ2v) is 12.8. The molecule has 0 amide bonds. The van der Waals surface area contributed by atoms with E-state index in [0.29, 0.717) is 0 Å². The van der Waals surface area contributed by atoms with Crippen molar-refractivity contribution >= 4 is 39.0 Å². The molecular weight excluding hydrogens is 572 g/mol. The van der Waals surface area contributed by atoms with E-state index >= 15 is 0 Å². The van der Waals surface area contributed by atoms with Crippen LogP contribution in [0.3, 0.4) is 0 Å². The lowest BCUT2D eigenvalue weighted by atomic mass is 9.73. The minimum atomic E-state index is -0.215. The molecule has 6 aromatic carbocycles. The van der Waals surface area contributed by atoms with Crippen LogP contribution in [0.2, 0.25) is 0 Å². The van der Waals surface area contributed by atoms with E-state index in [9.17, 15) is 0 Å². The zero-order valence-electron chi connectivity index (χ0n) is 26.3. The molecule has 0 spiro atoms. The molecule has 1 aliphatic rings. The minimum absolute atomic E-state index is 0.215. The molecule has 224 valence electrons. The molecule has 3 heteroatoms. The van der Waals surface area contributed by atoms with Gasteiger partial charge in [-0.1, -0.05) is 135 Å². The Hall–Kier alpha value is -5.93. The molecule has 0 saturated heterocycles. The summed E-state index contributed by atoms with van der Waals surface area (Å²) in [6.45, 7) is 4.64. The number of para-hydroxylation sites is 2. The summed E-state index contributed by atoms with van der Waals surface area (Å²) in [7, 11) is 0. The Bertz CT molecular complexity index is 2380. The predicted octanol–water partition coefficient (Wildman–Crippen LogP) is 12.1. The fraction of sp³-hybridized carbons (Fsp3) is 0.0682. The molecule has 3 heterocycles. The Kier molecular flexibility index (Phi) is 6.16. The average Bonchev–Trinajstić information content (AvgIpc) is 3.52. The van der Waals surface area contributed by atoms with E-state index in [1.165, 1.54) is 16.8 Å². The summed E-state index contributed by atoms with van der Waals surface area (Å²) >= 11 is 0. The third-order valence-electron chi connectivity index (χ3n) is 9.64. The van der Waals surface area contributed by atoms with Gasteiger partial charge in [0.2, 0.25) is 0 Å². The molecule has 0 saturated carbocycles. The summed E-state index contributed by atoms with van der Waals surface area (Å²) in [4.78, 5) is 7.52. The number of benzene rings is 6. The Labute approximate surface area is 274 Å². The van der Waals surface area contributed by atoms with Gasteiger partial charge in [-0.3, -0.25) is 0 Å². The Balaban J connectivity index is 1.28. The largest absolute Gasteiger partial charge is 0.454 e. The highest BCUT2D eigenvalue weighted by Gasteiger charge is 2.39.